The largest absolute Gasteiger partial charge is 0.419 e. The molecule has 2 fully saturated rings. The van der Waals surface area contributed by atoms with Crippen molar-refractivity contribution in [3.63, 3.8) is 0 Å². The Kier molecular flexibility index (Phi) is 5.83. The number of nitrogens with zero attached hydrogens (tertiary/aromatic N) is 4. The molecule has 2 saturated heterocycles. The minimum atomic E-state index is -4.58. The van der Waals surface area contributed by atoms with Gasteiger partial charge in [0.2, 0.25) is 5.95 Å². The molecule has 5 heterocycles. The zero-order valence-electron chi connectivity index (χ0n) is 18.2. The van der Waals surface area contributed by atoms with Crippen LogP contribution in [0, 0.1) is 0 Å². The van der Waals surface area contributed by atoms with Crippen LogP contribution in [0.4, 0.5) is 24.9 Å². The molecule has 0 spiro atoms. The number of piperidine rings is 1. The number of aromatic amines is 1. The van der Waals surface area contributed by atoms with Gasteiger partial charge < -0.3 is 25.3 Å². The van der Waals surface area contributed by atoms with Gasteiger partial charge in [0.15, 0.2) is 0 Å². The Balaban J connectivity index is 1.52. The molecule has 0 aromatic carbocycles. The summed E-state index contributed by atoms with van der Waals surface area (Å²) in [5, 5.41) is 7.02. The number of hydrogen-bond acceptors (Lipinski definition) is 7. The molecular weight excluding hydrogens is 435 g/mol. The lowest BCUT2D eigenvalue weighted by Crippen LogP contribution is -2.44. The van der Waals surface area contributed by atoms with Crippen molar-refractivity contribution < 1.29 is 17.9 Å². The normalized spacial score (nSPS) is 22.0. The lowest BCUT2D eigenvalue weighted by molar-refractivity contribution is -0.137. The van der Waals surface area contributed by atoms with Gasteiger partial charge in [0.25, 0.3) is 0 Å². The predicted octanol–water partition coefficient (Wildman–Crippen LogP) is 3.43. The first kappa shape index (κ1) is 21.9. The van der Waals surface area contributed by atoms with E-state index in [9.17, 15) is 13.2 Å². The van der Waals surface area contributed by atoms with Crippen LogP contribution in [0.2, 0.25) is 0 Å². The topological polar surface area (TPSA) is 91.0 Å². The van der Waals surface area contributed by atoms with E-state index in [-0.39, 0.29) is 23.7 Å². The average Bonchev–Trinajstić information content (AvgIpc) is 3.22. The third kappa shape index (κ3) is 4.47. The van der Waals surface area contributed by atoms with Crippen molar-refractivity contribution in [2.24, 2.45) is 0 Å². The Morgan fingerprint density at radius 3 is 2.88 bits per heavy atom. The highest BCUT2D eigenvalue weighted by atomic mass is 19.4. The van der Waals surface area contributed by atoms with Crippen LogP contribution in [-0.4, -0.2) is 64.9 Å². The van der Waals surface area contributed by atoms with E-state index in [4.69, 9.17) is 4.74 Å². The summed E-state index contributed by atoms with van der Waals surface area (Å²) in [5.74, 6) is 0.949. The molecule has 0 aliphatic carbocycles. The number of fused-ring (bicyclic) bond motifs is 1. The summed E-state index contributed by atoms with van der Waals surface area (Å²) in [6.45, 7) is 5.64. The Bertz CT molecular complexity index is 1130. The van der Waals surface area contributed by atoms with Crippen molar-refractivity contribution in [1.82, 2.24) is 25.3 Å². The van der Waals surface area contributed by atoms with Crippen LogP contribution >= 0.6 is 0 Å². The van der Waals surface area contributed by atoms with Crippen LogP contribution in [0.1, 0.15) is 25.3 Å². The van der Waals surface area contributed by atoms with E-state index in [1.165, 1.54) is 6.20 Å². The first-order valence-corrected chi connectivity index (χ1v) is 11.1. The second kappa shape index (κ2) is 8.79. The molecular formula is C22H26F3N7O. The zero-order chi connectivity index (χ0) is 23.0. The number of pyridine rings is 1. The standard InChI is InChI=1S/C22H26F3N7O/c1-13-12-33-8-7-32(13)18-5-4-15-16(10-27-20(15)30-18)19-17(22(23,24)25)11-28-21(31-19)29-14-3-2-6-26-9-14/h4-5,10-11,13-14,26H,2-3,6-9,12H2,1H3,(H,27,30)(H,28,29,31)/t13-,14+/m1/s1. The van der Waals surface area contributed by atoms with Gasteiger partial charge in [-0.1, -0.05) is 0 Å². The maximum atomic E-state index is 13.8. The molecule has 0 amide bonds. The second-order valence-electron chi connectivity index (χ2n) is 8.53. The molecule has 0 bridgehead atoms. The number of alkyl halides is 3. The van der Waals surface area contributed by atoms with Crippen molar-refractivity contribution in [3.05, 3.63) is 30.1 Å². The molecule has 33 heavy (non-hydrogen) atoms. The molecule has 0 radical (unpaired) electrons. The molecule has 0 saturated carbocycles. The van der Waals surface area contributed by atoms with E-state index in [0.717, 1.165) is 37.9 Å². The number of aromatic nitrogens is 4. The summed E-state index contributed by atoms with van der Waals surface area (Å²) < 4.78 is 47.0. The number of H-pyrrole nitrogens is 1. The Morgan fingerprint density at radius 1 is 1.24 bits per heavy atom. The highest BCUT2D eigenvalue weighted by Crippen LogP contribution is 2.39. The van der Waals surface area contributed by atoms with Crippen molar-refractivity contribution in [2.45, 2.75) is 38.0 Å². The van der Waals surface area contributed by atoms with E-state index < -0.39 is 11.7 Å². The third-order valence-electron chi connectivity index (χ3n) is 6.17. The maximum absolute atomic E-state index is 13.8. The SMILES string of the molecule is C[C@@H]1COCCN1c1ccc2c(-c3nc(N[C@H]4CCCNC4)ncc3C(F)(F)F)c[nH]c2n1. The molecule has 8 nitrogen and oxygen atoms in total. The number of halogens is 3. The van der Waals surface area contributed by atoms with E-state index in [1.807, 2.05) is 6.07 Å². The monoisotopic (exact) mass is 461 g/mol. The maximum Gasteiger partial charge on any atom is 0.419 e. The van der Waals surface area contributed by atoms with Crippen LogP contribution in [0.5, 0.6) is 0 Å². The van der Waals surface area contributed by atoms with Gasteiger partial charge in [0, 0.05) is 42.5 Å². The quantitative estimate of drug-likeness (QED) is 0.548. The minimum Gasteiger partial charge on any atom is -0.377 e. The van der Waals surface area contributed by atoms with Gasteiger partial charge in [-0.15, -0.1) is 0 Å². The summed E-state index contributed by atoms with van der Waals surface area (Å²) in [4.78, 5) is 18.1. The fraction of sp³-hybridized carbons (Fsp3) is 0.500. The Labute approximate surface area is 189 Å². The molecule has 176 valence electrons. The molecule has 2 aliphatic heterocycles. The van der Waals surface area contributed by atoms with Gasteiger partial charge in [0.1, 0.15) is 17.0 Å². The summed E-state index contributed by atoms with van der Waals surface area (Å²) >= 11 is 0. The fourth-order valence-corrected chi connectivity index (χ4v) is 4.44. The summed E-state index contributed by atoms with van der Waals surface area (Å²) in [5.41, 5.74) is -0.177. The van der Waals surface area contributed by atoms with Crippen molar-refractivity contribution in [1.29, 1.82) is 0 Å². The van der Waals surface area contributed by atoms with E-state index in [2.05, 4.69) is 42.4 Å². The Morgan fingerprint density at radius 2 is 2.12 bits per heavy atom. The molecule has 11 heteroatoms. The Hall–Kier alpha value is -2.92. The highest BCUT2D eigenvalue weighted by molar-refractivity contribution is 5.94. The van der Waals surface area contributed by atoms with Crippen LogP contribution in [0.15, 0.2) is 24.5 Å². The molecule has 3 N–H and O–H groups in total. The van der Waals surface area contributed by atoms with Gasteiger partial charge in [-0.05, 0) is 38.4 Å². The van der Waals surface area contributed by atoms with Crippen LogP contribution in [-0.2, 0) is 10.9 Å². The molecule has 3 aromatic heterocycles. The molecule has 2 atom stereocenters. The van der Waals surface area contributed by atoms with Crippen LogP contribution in [0.25, 0.3) is 22.3 Å². The smallest absolute Gasteiger partial charge is 0.377 e. The van der Waals surface area contributed by atoms with Crippen molar-refractivity contribution in [2.75, 3.05) is 43.1 Å². The number of hydrogen-bond donors (Lipinski definition) is 3. The van der Waals surface area contributed by atoms with Gasteiger partial charge in [-0.25, -0.2) is 15.0 Å². The molecule has 3 aromatic rings. The average molecular weight is 461 g/mol. The van der Waals surface area contributed by atoms with Crippen LogP contribution in [0.3, 0.4) is 0 Å². The highest BCUT2D eigenvalue weighted by Gasteiger charge is 2.36. The third-order valence-corrected chi connectivity index (χ3v) is 6.17. The number of ether oxygens (including phenoxy) is 1. The molecule has 0 unspecified atom stereocenters. The summed E-state index contributed by atoms with van der Waals surface area (Å²) in [7, 11) is 0. The second-order valence-corrected chi connectivity index (χ2v) is 8.53. The van der Waals surface area contributed by atoms with Gasteiger partial charge >= 0.3 is 6.18 Å². The van der Waals surface area contributed by atoms with Gasteiger partial charge in [-0.3, -0.25) is 0 Å². The first-order chi connectivity index (χ1) is 15.9. The van der Waals surface area contributed by atoms with Crippen LogP contribution < -0.4 is 15.5 Å². The summed E-state index contributed by atoms with van der Waals surface area (Å²) in [6.07, 6.45) is -0.291. The molecule has 2 aliphatic rings. The molecule has 5 rings (SSSR count). The lowest BCUT2D eigenvalue weighted by atomic mass is 10.1. The number of rotatable bonds is 4. The van der Waals surface area contributed by atoms with Crippen molar-refractivity contribution >= 4 is 22.8 Å². The van der Waals surface area contributed by atoms with E-state index in [0.29, 0.717) is 36.4 Å². The minimum absolute atomic E-state index is 0.0750. The van der Waals surface area contributed by atoms with Gasteiger partial charge in [-0.2, -0.15) is 13.2 Å². The van der Waals surface area contributed by atoms with E-state index in [1.54, 1.807) is 6.07 Å². The van der Waals surface area contributed by atoms with Crippen molar-refractivity contribution in [3.8, 4) is 11.3 Å². The van der Waals surface area contributed by atoms with E-state index >= 15 is 0 Å². The first-order valence-electron chi connectivity index (χ1n) is 11.1. The number of nitrogens with one attached hydrogen (secondary N) is 3. The summed E-state index contributed by atoms with van der Waals surface area (Å²) in [6, 6.07) is 3.88. The lowest BCUT2D eigenvalue weighted by Gasteiger charge is -2.34. The number of morpholine rings is 1. The number of anilines is 2. The van der Waals surface area contributed by atoms with Gasteiger partial charge in [0.05, 0.1) is 24.9 Å². The predicted molar refractivity (Wildman–Crippen MR) is 119 cm³/mol. The zero-order valence-corrected chi connectivity index (χ0v) is 18.2. The fourth-order valence-electron chi connectivity index (χ4n) is 4.44.